The number of nitriles is 1. The Morgan fingerprint density at radius 1 is 1.29 bits per heavy atom. The van der Waals surface area contributed by atoms with Crippen LogP contribution in [0.5, 0.6) is 0 Å². The van der Waals surface area contributed by atoms with E-state index in [0.29, 0.717) is 17.1 Å². The molecule has 0 saturated heterocycles. The topological polar surface area (TPSA) is 100 Å². The molecule has 0 unspecified atom stereocenters. The minimum atomic E-state index is -0.278. The van der Waals surface area contributed by atoms with E-state index in [2.05, 4.69) is 4.98 Å². The van der Waals surface area contributed by atoms with Crippen LogP contribution in [-0.4, -0.2) is 14.0 Å². The minimum absolute atomic E-state index is 0.00594. The monoisotopic (exact) mass is 317 g/mol. The third kappa shape index (κ3) is 2.01. The van der Waals surface area contributed by atoms with Crippen LogP contribution in [0.25, 0.3) is 16.7 Å². The van der Waals surface area contributed by atoms with Crippen molar-refractivity contribution in [3.05, 3.63) is 76.0 Å². The van der Waals surface area contributed by atoms with Gasteiger partial charge in [-0.2, -0.15) is 5.26 Å². The molecule has 1 N–H and O–H groups in total. The van der Waals surface area contributed by atoms with Crippen molar-refractivity contribution in [2.75, 3.05) is 0 Å². The van der Waals surface area contributed by atoms with Gasteiger partial charge in [0, 0.05) is 6.20 Å². The number of nitrogens with one attached hydrogen (secondary N) is 1. The molecule has 7 nitrogen and oxygen atoms in total. The third-order valence-corrected chi connectivity index (χ3v) is 3.83. The summed E-state index contributed by atoms with van der Waals surface area (Å²) in [5.74, 6) is 0.611. The molecule has 0 spiro atoms. The van der Waals surface area contributed by atoms with E-state index in [1.54, 1.807) is 36.5 Å². The SMILES string of the molecule is N#Cc1cc2c(=O)n3ccccc3nc2n(Cc2ccco2)c1=N. The van der Waals surface area contributed by atoms with E-state index < -0.39 is 0 Å². The van der Waals surface area contributed by atoms with E-state index in [9.17, 15) is 10.1 Å². The molecule has 7 heteroatoms. The van der Waals surface area contributed by atoms with Crippen LogP contribution in [-0.2, 0) is 6.54 Å². The maximum atomic E-state index is 12.7. The molecule has 0 amide bonds. The minimum Gasteiger partial charge on any atom is -0.467 e. The van der Waals surface area contributed by atoms with Gasteiger partial charge in [0.05, 0.1) is 23.8 Å². The van der Waals surface area contributed by atoms with Gasteiger partial charge in [0.1, 0.15) is 28.6 Å². The van der Waals surface area contributed by atoms with Crippen molar-refractivity contribution in [2.24, 2.45) is 0 Å². The van der Waals surface area contributed by atoms with Crippen LogP contribution in [0, 0.1) is 16.7 Å². The zero-order valence-corrected chi connectivity index (χ0v) is 12.4. The average molecular weight is 317 g/mol. The van der Waals surface area contributed by atoms with Crippen LogP contribution in [0.1, 0.15) is 11.3 Å². The molecule has 4 heterocycles. The standard InChI is InChI=1S/C17H11N5O2/c18-9-11-8-13-16(20-14-5-1-2-6-21(14)17(13)23)22(15(11)19)10-12-4-3-7-24-12/h1-8,19H,10H2. The third-order valence-electron chi connectivity index (χ3n) is 3.83. The highest BCUT2D eigenvalue weighted by Gasteiger charge is 2.14. The molecule has 0 atom stereocenters. The lowest BCUT2D eigenvalue weighted by molar-refractivity contribution is 0.490. The summed E-state index contributed by atoms with van der Waals surface area (Å²) in [6.07, 6.45) is 3.16. The van der Waals surface area contributed by atoms with E-state index >= 15 is 0 Å². The first kappa shape index (κ1) is 14.0. The van der Waals surface area contributed by atoms with E-state index in [1.807, 2.05) is 6.07 Å². The first-order chi connectivity index (χ1) is 11.7. The molecular formula is C17H11N5O2. The number of fused-ring (bicyclic) bond motifs is 2. The molecule has 0 fully saturated rings. The van der Waals surface area contributed by atoms with Crippen molar-refractivity contribution in [1.82, 2.24) is 14.0 Å². The highest BCUT2D eigenvalue weighted by molar-refractivity contribution is 5.77. The maximum absolute atomic E-state index is 12.7. The largest absolute Gasteiger partial charge is 0.467 e. The smallest absolute Gasteiger partial charge is 0.267 e. The molecule has 4 rings (SSSR count). The van der Waals surface area contributed by atoms with Gasteiger partial charge in [-0.15, -0.1) is 0 Å². The van der Waals surface area contributed by atoms with E-state index in [1.165, 1.54) is 21.3 Å². The molecule has 0 aromatic carbocycles. The van der Waals surface area contributed by atoms with Crippen molar-refractivity contribution in [3.63, 3.8) is 0 Å². The molecule has 116 valence electrons. The Bertz CT molecular complexity index is 1230. The molecule has 4 aromatic heterocycles. The van der Waals surface area contributed by atoms with Gasteiger partial charge in [0.25, 0.3) is 5.56 Å². The van der Waals surface area contributed by atoms with Gasteiger partial charge < -0.3 is 8.98 Å². The Labute approximate surface area is 135 Å². The Kier molecular flexibility index (Phi) is 3.03. The quantitative estimate of drug-likeness (QED) is 0.568. The summed E-state index contributed by atoms with van der Waals surface area (Å²) < 4.78 is 8.27. The number of pyridine rings is 2. The molecule has 0 bridgehead atoms. The summed E-state index contributed by atoms with van der Waals surface area (Å²) in [6.45, 7) is 0.216. The highest BCUT2D eigenvalue weighted by Crippen LogP contribution is 2.12. The number of furan rings is 1. The van der Waals surface area contributed by atoms with Gasteiger partial charge >= 0.3 is 0 Å². The van der Waals surface area contributed by atoms with E-state index in [4.69, 9.17) is 9.83 Å². The first-order valence-electron chi connectivity index (χ1n) is 7.21. The number of aromatic nitrogens is 3. The molecule has 0 saturated carbocycles. The fraction of sp³-hybridized carbons (Fsp3) is 0.0588. The molecule has 0 aliphatic heterocycles. The number of nitrogens with zero attached hydrogens (tertiary/aromatic N) is 4. The normalized spacial score (nSPS) is 11.0. The average Bonchev–Trinajstić information content (AvgIpc) is 3.11. The first-order valence-corrected chi connectivity index (χ1v) is 7.21. The summed E-state index contributed by atoms with van der Waals surface area (Å²) in [5, 5.41) is 17.8. The van der Waals surface area contributed by atoms with Crippen LogP contribution < -0.4 is 11.0 Å². The summed E-state index contributed by atoms with van der Waals surface area (Å²) in [7, 11) is 0. The summed E-state index contributed by atoms with van der Waals surface area (Å²) in [5.41, 5.74) is 0.664. The molecular weight excluding hydrogens is 306 g/mol. The van der Waals surface area contributed by atoms with E-state index in [-0.39, 0.29) is 28.5 Å². The maximum Gasteiger partial charge on any atom is 0.267 e. The van der Waals surface area contributed by atoms with Crippen molar-refractivity contribution < 1.29 is 4.42 Å². The summed E-state index contributed by atoms with van der Waals surface area (Å²) >= 11 is 0. The molecule has 0 radical (unpaired) electrons. The number of hydrogen-bond donors (Lipinski definition) is 1. The fourth-order valence-electron chi connectivity index (χ4n) is 2.68. The molecule has 24 heavy (non-hydrogen) atoms. The van der Waals surface area contributed by atoms with Gasteiger partial charge in [0.2, 0.25) is 0 Å². The fourth-order valence-corrected chi connectivity index (χ4v) is 2.68. The second-order valence-electron chi connectivity index (χ2n) is 5.27. The Balaban J connectivity index is 2.16. The summed E-state index contributed by atoms with van der Waals surface area (Å²) in [4.78, 5) is 17.2. The molecule has 4 aromatic rings. The van der Waals surface area contributed by atoms with E-state index in [0.717, 1.165) is 0 Å². The van der Waals surface area contributed by atoms with Gasteiger partial charge in [-0.05, 0) is 30.3 Å². The van der Waals surface area contributed by atoms with Gasteiger partial charge in [0.15, 0.2) is 0 Å². The lowest BCUT2D eigenvalue weighted by atomic mass is 10.2. The van der Waals surface area contributed by atoms with Crippen molar-refractivity contribution >= 4 is 16.7 Å². The predicted molar refractivity (Wildman–Crippen MR) is 85.3 cm³/mol. The zero-order chi connectivity index (χ0) is 16.7. The van der Waals surface area contributed by atoms with Gasteiger partial charge in [-0.25, -0.2) is 4.98 Å². The second-order valence-corrected chi connectivity index (χ2v) is 5.27. The Morgan fingerprint density at radius 3 is 2.92 bits per heavy atom. The van der Waals surface area contributed by atoms with Crippen LogP contribution >= 0.6 is 0 Å². The predicted octanol–water partition coefficient (Wildman–Crippen LogP) is 1.64. The van der Waals surface area contributed by atoms with Crippen LogP contribution in [0.4, 0.5) is 0 Å². The molecule has 0 aliphatic rings. The summed E-state index contributed by atoms with van der Waals surface area (Å²) in [6, 6.07) is 12.2. The van der Waals surface area contributed by atoms with Crippen LogP contribution in [0.15, 0.2) is 58.1 Å². The lowest BCUT2D eigenvalue weighted by Crippen LogP contribution is -2.27. The number of hydrogen-bond acceptors (Lipinski definition) is 5. The van der Waals surface area contributed by atoms with Crippen LogP contribution in [0.2, 0.25) is 0 Å². The highest BCUT2D eigenvalue weighted by atomic mass is 16.3. The Hall–Kier alpha value is -3.66. The number of rotatable bonds is 2. The zero-order valence-electron chi connectivity index (χ0n) is 12.4. The van der Waals surface area contributed by atoms with Gasteiger partial charge in [-0.3, -0.25) is 14.6 Å². The lowest BCUT2D eigenvalue weighted by Gasteiger charge is -2.11. The van der Waals surface area contributed by atoms with Crippen LogP contribution in [0.3, 0.4) is 0 Å². The van der Waals surface area contributed by atoms with Crippen molar-refractivity contribution in [2.45, 2.75) is 6.54 Å². The van der Waals surface area contributed by atoms with Gasteiger partial charge in [-0.1, -0.05) is 6.07 Å². The second kappa shape index (κ2) is 5.21. The van der Waals surface area contributed by atoms with Crippen molar-refractivity contribution in [3.8, 4) is 6.07 Å². The molecule has 0 aliphatic carbocycles. The van der Waals surface area contributed by atoms with Crippen molar-refractivity contribution in [1.29, 1.82) is 10.7 Å². The Morgan fingerprint density at radius 2 is 2.17 bits per heavy atom.